The van der Waals surface area contributed by atoms with Crippen molar-refractivity contribution in [1.82, 2.24) is 9.78 Å². The van der Waals surface area contributed by atoms with Crippen LogP contribution in [0.3, 0.4) is 0 Å². The molecule has 0 spiro atoms. The quantitative estimate of drug-likeness (QED) is 0.808. The lowest BCUT2D eigenvalue weighted by Gasteiger charge is -2.34. The molecule has 124 valence electrons. The molecule has 1 aliphatic rings. The van der Waals surface area contributed by atoms with E-state index in [4.69, 9.17) is 4.74 Å². The van der Waals surface area contributed by atoms with E-state index in [9.17, 15) is 14.4 Å². The van der Waals surface area contributed by atoms with Crippen LogP contribution in [0.25, 0.3) is 0 Å². The Balaban J connectivity index is 1.72. The number of piperidine rings is 1. The second-order valence-electron chi connectivity index (χ2n) is 5.73. The summed E-state index contributed by atoms with van der Waals surface area (Å²) in [7, 11) is 1.68. The second kappa shape index (κ2) is 6.71. The summed E-state index contributed by atoms with van der Waals surface area (Å²) in [5, 5.41) is 13.2. The first kappa shape index (κ1) is 16.0. The zero-order valence-electron chi connectivity index (χ0n) is 13.3. The molecule has 0 saturated carbocycles. The fourth-order valence-corrected chi connectivity index (χ4v) is 2.91. The predicted molar refractivity (Wildman–Crippen MR) is 85.0 cm³/mol. The van der Waals surface area contributed by atoms with Gasteiger partial charge in [-0.3, -0.25) is 4.68 Å². The lowest BCUT2D eigenvalue weighted by Crippen LogP contribution is -2.41. The number of rotatable bonds is 3. The number of aryl methyl sites for hydroxylation is 1. The minimum Gasteiger partial charge on any atom is -0.456 e. The number of carbonyl (C=O) groups is 1. The summed E-state index contributed by atoms with van der Waals surface area (Å²) in [6.45, 7) is 1.21. The minimum absolute atomic E-state index is 0.280. The Kier molecular flexibility index (Phi) is 4.47. The maximum atomic E-state index is 13.3. The summed E-state index contributed by atoms with van der Waals surface area (Å²) in [6.07, 6.45) is 2.84. The minimum atomic E-state index is -0.438. The van der Waals surface area contributed by atoms with E-state index in [-0.39, 0.29) is 11.7 Å². The Morgan fingerprint density at radius 1 is 1.46 bits per heavy atom. The Morgan fingerprint density at radius 3 is 3.00 bits per heavy atom. The average Bonchev–Trinajstić information content (AvgIpc) is 3.01. The standard InChI is InChI=1S/C17H17FN4O2/c1-21-16(6-7-20-21)17(23)24-14-3-2-8-22(11-14)15-5-4-13(18)9-12(15)10-19/h4-7,9,14H,2-3,8,11H2,1H3/t14-/m1/s1. The third kappa shape index (κ3) is 3.23. The zero-order chi connectivity index (χ0) is 17.1. The van der Waals surface area contributed by atoms with Crippen molar-refractivity contribution in [2.24, 2.45) is 7.05 Å². The smallest absolute Gasteiger partial charge is 0.356 e. The topological polar surface area (TPSA) is 71.2 Å². The van der Waals surface area contributed by atoms with Gasteiger partial charge < -0.3 is 9.64 Å². The van der Waals surface area contributed by atoms with Crippen LogP contribution in [-0.2, 0) is 11.8 Å². The number of benzene rings is 1. The van der Waals surface area contributed by atoms with E-state index < -0.39 is 11.8 Å². The van der Waals surface area contributed by atoms with Gasteiger partial charge in [-0.1, -0.05) is 0 Å². The predicted octanol–water partition coefficient (Wildman–Crippen LogP) is 2.26. The van der Waals surface area contributed by atoms with Crippen LogP contribution >= 0.6 is 0 Å². The Morgan fingerprint density at radius 2 is 2.29 bits per heavy atom. The molecule has 1 aliphatic heterocycles. The summed E-state index contributed by atoms with van der Waals surface area (Å²) >= 11 is 0. The second-order valence-corrected chi connectivity index (χ2v) is 5.73. The van der Waals surface area contributed by atoms with Crippen molar-refractivity contribution in [2.45, 2.75) is 18.9 Å². The van der Waals surface area contributed by atoms with Gasteiger partial charge >= 0.3 is 5.97 Å². The van der Waals surface area contributed by atoms with Gasteiger partial charge in [0.2, 0.25) is 0 Å². The summed E-state index contributed by atoms with van der Waals surface area (Å²) in [5.74, 6) is -0.854. The highest BCUT2D eigenvalue weighted by Crippen LogP contribution is 2.26. The van der Waals surface area contributed by atoms with Crippen LogP contribution in [-0.4, -0.2) is 34.9 Å². The Labute approximate surface area is 139 Å². The molecule has 0 radical (unpaired) electrons. The molecule has 0 N–H and O–H groups in total. The highest BCUT2D eigenvalue weighted by molar-refractivity contribution is 5.87. The van der Waals surface area contributed by atoms with Gasteiger partial charge in [-0.15, -0.1) is 0 Å². The largest absolute Gasteiger partial charge is 0.456 e. The van der Waals surface area contributed by atoms with Crippen LogP contribution in [0.2, 0.25) is 0 Å². The summed E-state index contributed by atoms with van der Waals surface area (Å²) in [5.41, 5.74) is 1.35. The third-order valence-electron chi connectivity index (χ3n) is 4.10. The molecule has 7 heteroatoms. The molecule has 1 aromatic heterocycles. The average molecular weight is 328 g/mol. The molecule has 2 heterocycles. The summed E-state index contributed by atoms with van der Waals surface area (Å²) in [6, 6.07) is 7.78. The number of anilines is 1. The summed E-state index contributed by atoms with van der Waals surface area (Å²) < 4.78 is 20.3. The monoisotopic (exact) mass is 328 g/mol. The van der Waals surface area contributed by atoms with E-state index in [1.807, 2.05) is 11.0 Å². The van der Waals surface area contributed by atoms with Crippen LogP contribution in [0.4, 0.5) is 10.1 Å². The molecule has 0 amide bonds. The molecule has 6 nitrogen and oxygen atoms in total. The van der Waals surface area contributed by atoms with Gasteiger partial charge in [-0.2, -0.15) is 10.4 Å². The SMILES string of the molecule is Cn1nccc1C(=O)O[C@@H]1CCCN(c2ccc(F)cc2C#N)C1. The molecule has 0 bridgehead atoms. The molecule has 24 heavy (non-hydrogen) atoms. The molecular weight excluding hydrogens is 311 g/mol. The Hall–Kier alpha value is -2.88. The van der Waals surface area contributed by atoms with Gasteiger partial charge in [-0.05, 0) is 37.1 Å². The number of nitrogens with zero attached hydrogens (tertiary/aromatic N) is 4. The molecule has 1 saturated heterocycles. The maximum absolute atomic E-state index is 13.3. The van der Waals surface area contributed by atoms with E-state index in [1.54, 1.807) is 25.4 Å². The number of nitriles is 1. The van der Waals surface area contributed by atoms with Crippen LogP contribution in [0, 0.1) is 17.1 Å². The van der Waals surface area contributed by atoms with Crippen molar-refractivity contribution < 1.29 is 13.9 Å². The molecule has 0 aliphatic carbocycles. The zero-order valence-corrected chi connectivity index (χ0v) is 13.3. The first-order valence-electron chi connectivity index (χ1n) is 7.72. The van der Waals surface area contributed by atoms with Crippen molar-refractivity contribution in [1.29, 1.82) is 5.26 Å². The first-order valence-corrected chi connectivity index (χ1v) is 7.72. The number of aromatic nitrogens is 2. The van der Waals surface area contributed by atoms with Crippen molar-refractivity contribution >= 4 is 11.7 Å². The summed E-state index contributed by atoms with van der Waals surface area (Å²) in [4.78, 5) is 14.2. The van der Waals surface area contributed by atoms with Crippen molar-refractivity contribution in [3.8, 4) is 6.07 Å². The molecule has 3 rings (SSSR count). The third-order valence-corrected chi connectivity index (χ3v) is 4.10. The highest BCUT2D eigenvalue weighted by Gasteiger charge is 2.26. The fraction of sp³-hybridized carbons (Fsp3) is 0.353. The first-order chi connectivity index (χ1) is 11.6. The molecular formula is C17H17FN4O2. The van der Waals surface area contributed by atoms with Gasteiger partial charge in [0.15, 0.2) is 0 Å². The van der Waals surface area contributed by atoms with E-state index >= 15 is 0 Å². The number of ether oxygens (including phenoxy) is 1. The molecule has 1 fully saturated rings. The van der Waals surface area contributed by atoms with Crippen LogP contribution < -0.4 is 4.90 Å². The number of carbonyl (C=O) groups excluding carboxylic acids is 1. The van der Waals surface area contributed by atoms with E-state index in [2.05, 4.69) is 5.10 Å². The van der Waals surface area contributed by atoms with Gasteiger partial charge in [0, 0.05) is 19.8 Å². The lowest BCUT2D eigenvalue weighted by atomic mass is 10.1. The normalized spacial score (nSPS) is 17.4. The number of hydrogen-bond acceptors (Lipinski definition) is 5. The Bertz CT molecular complexity index is 796. The highest BCUT2D eigenvalue weighted by atomic mass is 19.1. The van der Waals surface area contributed by atoms with Gasteiger partial charge in [0.1, 0.15) is 23.7 Å². The molecule has 1 atom stereocenters. The van der Waals surface area contributed by atoms with Crippen molar-refractivity contribution in [3.63, 3.8) is 0 Å². The van der Waals surface area contributed by atoms with Gasteiger partial charge in [0.25, 0.3) is 0 Å². The van der Waals surface area contributed by atoms with Crippen molar-refractivity contribution in [3.05, 3.63) is 47.5 Å². The molecule has 1 aromatic carbocycles. The molecule has 0 unspecified atom stereocenters. The van der Waals surface area contributed by atoms with Gasteiger partial charge in [-0.25, -0.2) is 9.18 Å². The van der Waals surface area contributed by atoms with E-state index in [0.717, 1.165) is 19.4 Å². The van der Waals surface area contributed by atoms with E-state index in [0.29, 0.717) is 17.9 Å². The lowest BCUT2D eigenvalue weighted by molar-refractivity contribution is 0.0257. The van der Waals surface area contributed by atoms with Crippen LogP contribution in [0.1, 0.15) is 28.9 Å². The van der Waals surface area contributed by atoms with Gasteiger partial charge in [0.05, 0.1) is 17.8 Å². The number of esters is 1. The van der Waals surface area contributed by atoms with Crippen LogP contribution in [0.15, 0.2) is 30.5 Å². The van der Waals surface area contributed by atoms with Crippen molar-refractivity contribution in [2.75, 3.05) is 18.0 Å². The molecule has 2 aromatic rings. The van der Waals surface area contributed by atoms with Crippen LogP contribution in [0.5, 0.6) is 0 Å². The fourth-order valence-electron chi connectivity index (χ4n) is 2.91. The maximum Gasteiger partial charge on any atom is 0.356 e. The number of halogens is 1. The number of hydrogen-bond donors (Lipinski definition) is 0. The van der Waals surface area contributed by atoms with E-state index in [1.165, 1.54) is 16.8 Å².